The van der Waals surface area contributed by atoms with Gasteiger partial charge in [-0.3, -0.25) is 9.59 Å². The number of rotatable bonds is 5. The number of carbonyl (C=O) groups is 2. The number of hydrogen-bond acceptors (Lipinski definition) is 2. The zero-order valence-corrected chi connectivity index (χ0v) is 22.1. The highest BCUT2D eigenvalue weighted by Crippen LogP contribution is 2.72. The van der Waals surface area contributed by atoms with Gasteiger partial charge in [-0.1, -0.05) is 57.4 Å². The number of ketones is 1. The predicted octanol–water partition coefficient (Wildman–Crippen LogP) is 7.75. The van der Waals surface area contributed by atoms with Gasteiger partial charge in [0.1, 0.15) is 5.78 Å². The van der Waals surface area contributed by atoms with Crippen molar-refractivity contribution in [1.29, 1.82) is 0 Å². The first-order valence-corrected chi connectivity index (χ1v) is 13.4. The third-order valence-electron chi connectivity index (χ3n) is 11.4. The summed E-state index contributed by atoms with van der Waals surface area (Å²) in [6, 6.07) is 0. The largest absolute Gasteiger partial charge is 0.481 e. The third-order valence-corrected chi connectivity index (χ3v) is 11.4. The molecule has 0 heterocycles. The molecular formula is C30H46O3. The molecule has 184 valence electrons. The molecule has 4 aliphatic carbocycles. The molecule has 3 heteroatoms. The van der Waals surface area contributed by atoms with Crippen molar-refractivity contribution in [3.05, 3.63) is 22.8 Å². The SMILES string of the molecule is CC(C)=CCC[C@H](C(=O)O)[C@@H]1CC[C@]2(C)C3=C(CC[C@]12C)[C@@]1(C)CCC(=O)C(C)(C)[C@H]1CC3. The molecule has 0 unspecified atom stereocenters. The molecule has 33 heavy (non-hydrogen) atoms. The molecule has 2 saturated carbocycles. The van der Waals surface area contributed by atoms with Crippen LogP contribution < -0.4 is 0 Å². The second-order valence-corrected chi connectivity index (χ2v) is 13.3. The highest BCUT2D eigenvalue weighted by Gasteiger charge is 2.64. The summed E-state index contributed by atoms with van der Waals surface area (Å²) >= 11 is 0. The van der Waals surface area contributed by atoms with Crippen LogP contribution in [0.1, 0.15) is 113 Å². The highest BCUT2D eigenvalue weighted by molar-refractivity contribution is 5.85. The number of carbonyl (C=O) groups excluding carboxylic acids is 1. The van der Waals surface area contributed by atoms with Crippen LogP contribution in [0.3, 0.4) is 0 Å². The lowest BCUT2D eigenvalue weighted by atomic mass is 9.43. The van der Waals surface area contributed by atoms with Crippen molar-refractivity contribution in [2.75, 3.05) is 0 Å². The van der Waals surface area contributed by atoms with Crippen LogP contribution in [0.4, 0.5) is 0 Å². The molecule has 0 aromatic heterocycles. The Hall–Kier alpha value is -1.38. The molecule has 0 amide bonds. The predicted molar refractivity (Wildman–Crippen MR) is 134 cm³/mol. The molecule has 0 saturated heterocycles. The van der Waals surface area contributed by atoms with Crippen molar-refractivity contribution >= 4 is 11.8 Å². The van der Waals surface area contributed by atoms with Gasteiger partial charge in [-0.25, -0.2) is 0 Å². The average Bonchev–Trinajstić information content (AvgIpc) is 3.00. The van der Waals surface area contributed by atoms with E-state index in [0.29, 0.717) is 18.1 Å². The highest BCUT2D eigenvalue weighted by atomic mass is 16.4. The molecule has 0 aliphatic heterocycles. The number of aliphatic carboxylic acids is 1. The number of Topliss-reactive ketones (excluding diaryl/α,β-unsaturated/α-hetero) is 1. The van der Waals surface area contributed by atoms with Crippen LogP contribution in [0, 0.1) is 39.4 Å². The summed E-state index contributed by atoms with van der Waals surface area (Å²) in [5, 5.41) is 10.2. The van der Waals surface area contributed by atoms with Gasteiger partial charge in [-0.15, -0.1) is 0 Å². The van der Waals surface area contributed by atoms with Gasteiger partial charge in [-0.05, 0) is 99.7 Å². The lowest BCUT2D eigenvalue weighted by molar-refractivity contribution is -0.146. The van der Waals surface area contributed by atoms with E-state index in [0.717, 1.165) is 57.8 Å². The van der Waals surface area contributed by atoms with Crippen molar-refractivity contribution in [2.24, 2.45) is 39.4 Å². The van der Waals surface area contributed by atoms with Crippen molar-refractivity contribution in [1.82, 2.24) is 0 Å². The Morgan fingerprint density at radius 3 is 2.33 bits per heavy atom. The van der Waals surface area contributed by atoms with Gasteiger partial charge in [0.25, 0.3) is 0 Å². The minimum atomic E-state index is -0.601. The Kier molecular flexibility index (Phi) is 6.07. The molecule has 3 nitrogen and oxygen atoms in total. The van der Waals surface area contributed by atoms with Crippen LogP contribution in [0.15, 0.2) is 22.8 Å². The van der Waals surface area contributed by atoms with E-state index in [-0.39, 0.29) is 33.5 Å². The Morgan fingerprint density at radius 2 is 1.70 bits per heavy atom. The monoisotopic (exact) mass is 454 g/mol. The first kappa shape index (κ1) is 24.7. The maximum Gasteiger partial charge on any atom is 0.306 e. The van der Waals surface area contributed by atoms with Gasteiger partial charge in [0.15, 0.2) is 0 Å². The Morgan fingerprint density at radius 1 is 1.00 bits per heavy atom. The molecule has 2 fully saturated rings. The second-order valence-electron chi connectivity index (χ2n) is 13.3. The van der Waals surface area contributed by atoms with Gasteiger partial charge in [0, 0.05) is 11.8 Å². The molecule has 6 atom stereocenters. The number of allylic oxidation sites excluding steroid dienone is 4. The maximum absolute atomic E-state index is 12.8. The Balaban J connectivity index is 1.70. The molecule has 4 aliphatic rings. The summed E-state index contributed by atoms with van der Waals surface area (Å²) in [7, 11) is 0. The van der Waals surface area contributed by atoms with Crippen LogP contribution in [0.2, 0.25) is 0 Å². The van der Waals surface area contributed by atoms with Gasteiger partial charge >= 0.3 is 5.97 Å². The normalized spacial score (nSPS) is 40.5. The molecule has 0 bridgehead atoms. The second kappa shape index (κ2) is 8.09. The standard InChI is InChI=1S/C30H46O3/c1-19(2)9-8-10-20(26(32)33)21-13-17-30(7)23-11-12-24-27(3,4)25(31)15-16-28(24,5)22(23)14-18-29(21,30)6/h9,20-21,24H,8,10-18H2,1-7H3,(H,32,33)/t20-,21-,24+,28+,29+,30+/m0/s1. The Bertz CT molecular complexity index is 904. The fourth-order valence-electron chi connectivity index (χ4n) is 9.22. The summed E-state index contributed by atoms with van der Waals surface area (Å²) in [6.45, 7) is 15.9. The van der Waals surface area contributed by atoms with E-state index in [1.54, 1.807) is 11.1 Å². The summed E-state index contributed by atoms with van der Waals surface area (Å²) in [5.41, 5.74) is 4.63. The summed E-state index contributed by atoms with van der Waals surface area (Å²) in [6.07, 6.45) is 12.0. The fraction of sp³-hybridized carbons (Fsp3) is 0.800. The van der Waals surface area contributed by atoms with Gasteiger partial charge in [-0.2, -0.15) is 0 Å². The smallest absolute Gasteiger partial charge is 0.306 e. The van der Waals surface area contributed by atoms with Gasteiger partial charge in [0.2, 0.25) is 0 Å². The van der Waals surface area contributed by atoms with Crippen LogP contribution >= 0.6 is 0 Å². The molecule has 4 rings (SSSR count). The van der Waals surface area contributed by atoms with Crippen molar-refractivity contribution in [3.8, 4) is 0 Å². The quantitative estimate of drug-likeness (QED) is 0.432. The molecular weight excluding hydrogens is 408 g/mol. The number of fused-ring (bicyclic) bond motifs is 4. The number of carboxylic acids is 1. The molecule has 1 N–H and O–H groups in total. The first-order chi connectivity index (χ1) is 15.3. The van der Waals surface area contributed by atoms with E-state index in [1.165, 1.54) is 5.57 Å². The number of carboxylic acid groups (broad SMARTS) is 1. The van der Waals surface area contributed by atoms with Crippen molar-refractivity contribution in [2.45, 2.75) is 113 Å². The van der Waals surface area contributed by atoms with Crippen molar-refractivity contribution < 1.29 is 14.7 Å². The first-order valence-electron chi connectivity index (χ1n) is 13.4. The average molecular weight is 455 g/mol. The molecule has 0 radical (unpaired) electrons. The topological polar surface area (TPSA) is 54.4 Å². The van der Waals surface area contributed by atoms with E-state index in [2.05, 4.69) is 54.5 Å². The molecule has 0 aromatic rings. The lowest BCUT2D eigenvalue weighted by Gasteiger charge is -2.60. The fourth-order valence-corrected chi connectivity index (χ4v) is 9.22. The van der Waals surface area contributed by atoms with Crippen LogP contribution in [0.25, 0.3) is 0 Å². The summed E-state index contributed by atoms with van der Waals surface area (Å²) < 4.78 is 0. The van der Waals surface area contributed by atoms with E-state index >= 15 is 0 Å². The van der Waals surface area contributed by atoms with E-state index in [9.17, 15) is 14.7 Å². The third kappa shape index (κ3) is 3.50. The number of hydrogen-bond donors (Lipinski definition) is 1. The Labute approximate surface area is 201 Å². The lowest BCUT2D eigenvalue weighted by Crippen LogP contribution is -2.54. The molecule has 0 spiro atoms. The minimum absolute atomic E-state index is 0.0447. The summed E-state index contributed by atoms with van der Waals surface area (Å²) in [5.74, 6) is 0.270. The molecule has 0 aromatic carbocycles. The van der Waals surface area contributed by atoms with Crippen LogP contribution in [-0.2, 0) is 9.59 Å². The van der Waals surface area contributed by atoms with Gasteiger partial charge in [0.05, 0.1) is 5.92 Å². The van der Waals surface area contributed by atoms with Crippen molar-refractivity contribution in [3.63, 3.8) is 0 Å². The van der Waals surface area contributed by atoms with Gasteiger partial charge < -0.3 is 5.11 Å². The summed E-state index contributed by atoms with van der Waals surface area (Å²) in [4.78, 5) is 25.2. The minimum Gasteiger partial charge on any atom is -0.481 e. The maximum atomic E-state index is 12.8. The van der Waals surface area contributed by atoms with E-state index < -0.39 is 5.97 Å². The van der Waals surface area contributed by atoms with Crippen LogP contribution in [-0.4, -0.2) is 16.9 Å². The van der Waals surface area contributed by atoms with Crippen LogP contribution in [0.5, 0.6) is 0 Å². The van der Waals surface area contributed by atoms with E-state index in [1.807, 2.05) is 0 Å². The zero-order valence-electron chi connectivity index (χ0n) is 22.1. The zero-order chi connectivity index (χ0) is 24.4. The van der Waals surface area contributed by atoms with E-state index in [4.69, 9.17) is 0 Å².